The van der Waals surface area contributed by atoms with Crippen LogP contribution < -0.4 is 9.57 Å². The summed E-state index contributed by atoms with van der Waals surface area (Å²) in [5.74, 6) is -0.474. The molecule has 126 valence electrons. The van der Waals surface area contributed by atoms with Crippen molar-refractivity contribution in [1.29, 1.82) is 5.26 Å². The van der Waals surface area contributed by atoms with Gasteiger partial charge < -0.3 is 14.7 Å². The SMILES string of the molecule is CCC(C#N)COc1ccccc1-c1nc(C)c(C(=O)O)n1OC. The first-order valence-electron chi connectivity index (χ1n) is 7.52. The Morgan fingerprint density at radius 3 is 2.75 bits per heavy atom. The number of carboxylic acids is 1. The molecule has 0 radical (unpaired) electrons. The molecule has 7 heteroatoms. The van der Waals surface area contributed by atoms with Gasteiger partial charge in [0.05, 0.1) is 23.2 Å². The summed E-state index contributed by atoms with van der Waals surface area (Å²) < 4.78 is 6.93. The summed E-state index contributed by atoms with van der Waals surface area (Å²) in [4.78, 5) is 20.9. The van der Waals surface area contributed by atoms with Gasteiger partial charge in [0.15, 0.2) is 11.5 Å². The summed E-state index contributed by atoms with van der Waals surface area (Å²) in [5, 5.41) is 18.4. The molecule has 0 bridgehead atoms. The summed E-state index contributed by atoms with van der Waals surface area (Å²) in [6, 6.07) is 9.31. The summed E-state index contributed by atoms with van der Waals surface area (Å²) in [5.41, 5.74) is 0.908. The molecule has 0 amide bonds. The van der Waals surface area contributed by atoms with E-state index in [9.17, 15) is 9.90 Å². The molecular weight excluding hydrogens is 310 g/mol. The Morgan fingerprint density at radius 1 is 1.46 bits per heavy atom. The van der Waals surface area contributed by atoms with E-state index < -0.39 is 5.97 Å². The van der Waals surface area contributed by atoms with E-state index in [2.05, 4.69) is 11.1 Å². The zero-order chi connectivity index (χ0) is 17.7. The van der Waals surface area contributed by atoms with Gasteiger partial charge in [-0.15, -0.1) is 0 Å². The minimum atomic E-state index is -1.12. The van der Waals surface area contributed by atoms with Gasteiger partial charge in [0.25, 0.3) is 0 Å². The molecule has 1 unspecified atom stereocenters. The van der Waals surface area contributed by atoms with Crippen molar-refractivity contribution in [2.75, 3.05) is 13.7 Å². The maximum absolute atomic E-state index is 11.4. The quantitative estimate of drug-likeness (QED) is 0.838. The molecular formula is C17H19N3O4. The molecule has 24 heavy (non-hydrogen) atoms. The second kappa shape index (κ2) is 7.51. The molecule has 0 spiro atoms. The number of imidazole rings is 1. The summed E-state index contributed by atoms with van der Waals surface area (Å²) >= 11 is 0. The van der Waals surface area contributed by atoms with Crippen molar-refractivity contribution in [3.05, 3.63) is 35.7 Å². The summed E-state index contributed by atoms with van der Waals surface area (Å²) in [6.07, 6.45) is 0.688. The van der Waals surface area contributed by atoms with Crippen LogP contribution in [-0.4, -0.2) is 34.5 Å². The number of hydrogen-bond acceptors (Lipinski definition) is 5. The molecule has 0 aliphatic carbocycles. The van der Waals surface area contributed by atoms with Crippen molar-refractivity contribution in [2.45, 2.75) is 20.3 Å². The van der Waals surface area contributed by atoms with Crippen LogP contribution in [0.15, 0.2) is 24.3 Å². The van der Waals surface area contributed by atoms with E-state index >= 15 is 0 Å². The highest BCUT2D eigenvalue weighted by atomic mass is 16.6. The largest absolute Gasteiger partial charge is 0.491 e. The van der Waals surface area contributed by atoms with Crippen molar-refractivity contribution >= 4 is 5.97 Å². The number of rotatable bonds is 7. The lowest BCUT2D eigenvalue weighted by Gasteiger charge is -2.14. The first-order chi connectivity index (χ1) is 11.5. The normalized spacial score (nSPS) is 11.6. The zero-order valence-electron chi connectivity index (χ0n) is 13.8. The average molecular weight is 329 g/mol. The fraction of sp³-hybridized carbons (Fsp3) is 0.353. The maximum Gasteiger partial charge on any atom is 0.357 e. The molecule has 0 fully saturated rings. The zero-order valence-corrected chi connectivity index (χ0v) is 13.8. The van der Waals surface area contributed by atoms with E-state index in [0.717, 1.165) is 0 Å². The molecule has 2 aromatic rings. The monoisotopic (exact) mass is 329 g/mol. The first-order valence-corrected chi connectivity index (χ1v) is 7.52. The van der Waals surface area contributed by atoms with Gasteiger partial charge in [-0.2, -0.15) is 9.99 Å². The predicted molar refractivity (Wildman–Crippen MR) is 86.8 cm³/mol. The van der Waals surface area contributed by atoms with Gasteiger partial charge in [0, 0.05) is 0 Å². The topological polar surface area (TPSA) is 97.4 Å². The minimum absolute atomic E-state index is 0.0363. The molecule has 1 atom stereocenters. The van der Waals surface area contributed by atoms with Crippen molar-refractivity contribution in [3.8, 4) is 23.2 Å². The number of aryl methyl sites for hydroxylation is 1. The standard InChI is InChI=1S/C17H19N3O4/c1-4-12(9-18)10-24-14-8-6-5-7-13(14)16-19-11(2)15(17(21)22)20(16)23-3/h5-8,12H,4,10H2,1-3H3,(H,21,22). The molecule has 0 aliphatic rings. The lowest BCUT2D eigenvalue weighted by atomic mass is 10.1. The number of carbonyl (C=O) groups is 1. The van der Waals surface area contributed by atoms with Crippen LogP contribution in [0, 0.1) is 24.2 Å². The van der Waals surface area contributed by atoms with Crippen molar-refractivity contribution < 1.29 is 19.5 Å². The highest BCUT2D eigenvalue weighted by molar-refractivity contribution is 5.88. The summed E-state index contributed by atoms with van der Waals surface area (Å²) in [7, 11) is 1.38. The molecule has 1 aromatic heterocycles. The van der Waals surface area contributed by atoms with Crippen LogP contribution in [0.25, 0.3) is 11.4 Å². The average Bonchev–Trinajstić information content (AvgIpc) is 2.92. The number of aromatic carboxylic acids is 1. The third-order valence-corrected chi connectivity index (χ3v) is 3.64. The highest BCUT2D eigenvalue weighted by Crippen LogP contribution is 2.30. The van der Waals surface area contributed by atoms with Gasteiger partial charge in [0.1, 0.15) is 19.5 Å². The Kier molecular flexibility index (Phi) is 5.42. The number of nitrogens with zero attached hydrogens (tertiary/aromatic N) is 3. The second-order valence-electron chi connectivity index (χ2n) is 5.19. The van der Waals surface area contributed by atoms with Gasteiger partial charge >= 0.3 is 5.97 Å². The van der Waals surface area contributed by atoms with E-state index in [-0.39, 0.29) is 18.2 Å². The molecule has 1 N–H and O–H groups in total. The lowest BCUT2D eigenvalue weighted by molar-refractivity contribution is 0.0640. The van der Waals surface area contributed by atoms with Gasteiger partial charge in [-0.25, -0.2) is 9.78 Å². The molecule has 1 heterocycles. The van der Waals surface area contributed by atoms with Crippen molar-refractivity contribution in [1.82, 2.24) is 9.71 Å². The first kappa shape index (κ1) is 17.3. The van der Waals surface area contributed by atoms with Crippen LogP contribution >= 0.6 is 0 Å². The van der Waals surface area contributed by atoms with Gasteiger partial charge in [-0.3, -0.25) is 0 Å². The van der Waals surface area contributed by atoms with Crippen LogP contribution in [-0.2, 0) is 0 Å². The highest BCUT2D eigenvalue weighted by Gasteiger charge is 2.24. The number of benzene rings is 1. The van der Waals surface area contributed by atoms with Gasteiger partial charge in [-0.05, 0) is 25.5 Å². The maximum atomic E-state index is 11.4. The van der Waals surface area contributed by atoms with Crippen LogP contribution in [0.5, 0.6) is 5.75 Å². The van der Waals surface area contributed by atoms with E-state index in [0.29, 0.717) is 29.3 Å². The number of ether oxygens (including phenoxy) is 1. The summed E-state index contributed by atoms with van der Waals surface area (Å²) in [6.45, 7) is 3.78. The Bertz CT molecular complexity index is 777. The van der Waals surface area contributed by atoms with Crippen LogP contribution in [0.4, 0.5) is 0 Å². The Labute approximate surface area is 140 Å². The molecule has 1 aromatic carbocycles. The Morgan fingerprint density at radius 2 is 2.17 bits per heavy atom. The van der Waals surface area contributed by atoms with Crippen LogP contribution in [0.3, 0.4) is 0 Å². The van der Waals surface area contributed by atoms with Gasteiger partial charge in [-0.1, -0.05) is 19.1 Å². The lowest BCUT2D eigenvalue weighted by Crippen LogP contribution is -2.16. The molecule has 7 nitrogen and oxygen atoms in total. The number of hydrogen-bond donors (Lipinski definition) is 1. The Hall–Kier alpha value is -3.01. The van der Waals surface area contributed by atoms with E-state index in [1.807, 2.05) is 6.92 Å². The minimum Gasteiger partial charge on any atom is -0.491 e. The fourth-order valence-corrected chi connectivity index (χ4v) is 2.31. The number of aromatic nitrogens is 2. The molecule has 0 aliphatic heterocycles. The number of carboxylic acid groups (broad SMARTS) is 1. The van der Waals surface area contributed by atoms with Gasteiger partial charge in [0.2, 0.25) is 0 Å². The predicted octanol–water partition coefficient (Wildman–Crippen LogP) is 2.54. The van der Waals surface area contributed by atoms with Crippen LogP contribution in [0.1, 0.15) is 29.5 Å². The second-order valence-corrected chi connectivity index (χ2v) is 5.19. The van der Waals surface area contributed by atoms with E-state index in [4.69, 9.17) is 14.8 Å². The molecule has 0 saturated carbocycles. The van der Waals surface area contributed by atoms with Crippen molar-refractivity contribution in [3.63, 3.8) is 0 Å². The smallest absolute Gasteiger partial charge is 0.357 e. The third kappa shape index (κ3) is 3.33. The third-order valence-electron chi connectivity index (χ3n) is 3.64. The fourth-order valence-electron chi connectivity index (χ4n) is 2.31. The van der Waals surface area contributed by atoms with E-state index in [1.165, 1.54) is 11.8 Å². The molecule has 2 rings (SSSR count). The number of para-hydroxylation sites is 1. The molecule has 0 saturated heterocycles. The van der Waals surface area contributed by atoms with Crippen molar-refractivity contribution in [2.24, 2.45) is 5.92 Å². The number of nitriles is 1. The van der Waals surface area contributed by atoms with E-state index in [1.54, 1.807) is 31.2 Å². The Balaban J connectivity index is 2.45. The van der Waals surface area contributed by atoms with Crippen LogP contribution in [0.2, 0.25) is 0 Å².